The summed E-state index contributed by atoms with van der Waals surface area (Å²) in [6.45, 7) is 10.9. The molecule has 6 aliphatic rings. The molecule has 25 heavy (non-hydrogen) atoms. The molecule has 3 heteroatoms. The zero-order valence-electron chi connectivity index (χ0n) is 16.1. The Morgan fingerprint density at radius 3 is 1.44 bits per heavy atom. The van der Waals surface area contributed by atoms with Crippen molar-refractivity contribution < 1.29 is 0 Å². The zero-order valence-corrected chi connectivity index (χ0v) is 16.1. The Balaban J connectivity index is 1.04. The van der Waals surface area contributed by atoms with E-state index in [4.69, 9.17) is 0 Å². The SMILES string of the molecule is CC1CC2CN(C3CC4CN(C5CC6CNCC6C5)CC4C3)CC2C1. The van der Waals surface area contributed by atoms with Gasteiger partial charge in [-0.05, 0) is 93.0 Å². The predicted molar refractivity (Wildman–Crippen MR) is 101 cm³/mol. The van der Waals surface area contributed by atoms with Crippen molar-refractivity contribution in [3.8, 4) is 0 Å². The van der Waals surface area contributed by atoms with Crippen molar-refractivity contribution in [1.29, 1.82) is 0 Å². The first-order valence-electron chi connectivity index (χ1n) is 11.4. The van der Waals surface area contributed by atoms with Gasteiger partial charge in [0, 0.05) is 38.3 Å². The molecule has 0 aromatic rings. The predicted octanol–water partition coefficient (Wildman–Crippen LogP) is 2.67. The molecular formula is C22H37N3. The van der Waals surface area contributed by atoms with Gasteiger partial charge in [0.15, 0.2) is 0 Å². The molecule has 3 heterocycles. The molecular weight excluding hydrogens is 306 g/mol. The molecule has 0 radical (unpaired) electrons. The minimum absolute atomic E-state index is 0.939. The first-order valence-corrected chi connectivity index (χ1v) is 11.4. The second kappa shape index (κ2) is 5.94. The minimum atomic E-state index is 0.939. The zero-order chi connectivity index (χ0) is 16.5. The smallest absolute Gasteiger partial charge is 0.0102 e. The maximum atomic E-state index is 3.61. The van der Waals surface area contributed by atoms with Crippen LogP contribution in [0.2, 0.25) is 0 Å². The Labute approximate surface area is 153 Å². The Kier molecular flexibility index (Phi) is 3.78. The van der Waals surface area contributed by atoms with Crippen LogP contribution in [0.5, 0.6) is 0 Å². The molecule has 140 valence electrons. The molecule has 6 atom stereocenters. The van der Waals surface area contributed by atoms with E-state index in [9.17, 15) is 0 Å². The molecule has 1 N–H and O–H groups in total. The first-order chi connectivity index (χ1) is 12.2. The van der Waals surface area contributed by atoms with E-state index in [1.165, 1.54) is 77.8 Å². The fourth-order valence-corrected chi connectivity index (χ4v) is 8.27. The van der Waals surface area contributed by atoms with Gasteiger partial charge < -0.3 is 5.32 Å². The van der Waals surface area contributed by atoms with Crippen molar-refractivity contribution in [3.63, 3.8) is 0 Å². The normalized spacial score (nSPS) is 55.8. The van der Waals surface area contributed by atoms with Crippen LogP contribution in [0, 0.1) is 41.4 Å². The summed E-state index contributed by atoms with van der Waals surface area (Å²) in [5.41, 5.74) is 0. The molecule has 6 fully saturated rings. The van der Waals surface area contributed by atoms with Crippen molar-refractivity contribution in [2.75, 3.05) is 39.3 Å². The monoisotopic (exact) mass is 343 g/mol. The second-order valence-electron chi connectivity index (χ2n) is 11.0. The molecule has 0 aromatic heterocycles. The van der Waals surface area contributed by atoms with Crippen molar-refractivity contribution in [1.82, 2.24) is 15.1 Å². The Hall–Kier alpha value is -0.120. The quantitative estimate of drug-likeness (QED) is 0.832. The molecule has 3 aliphatic heterocycles. The Morgan fingerprint density at radius 2 is 0.960 bits per heavy atom. The summed E-state index contributed by atoms with van der Waals surface area (Å²) in [4.78, 5) is 5.87. The van der Waals surface area contributed by atoms with E-state index in [0.29, 0.717) is 0 Å². The number of nitrogens with zero attached hydrogens (tertiary/aromatic N) is 2. The maximum absolute atomic E-state index is 3.61. The van der Waals surface area contributed by atoms with Crippen LogP contribution in [0.3, 0.4) is 0 Å². The van der Waals surface area contributed by atoms with Gasteiger partial charge in [-0.25, -0.2) is 0 Å². The number of fused-ring (bicyclic) bond motifs is 3. The second-order valence-corrected chi connectivity index (χ2v) is 11.0. The van der Waals surface area contributed by atoms with E-state index in [-0.39, 0.29) is 0 Å². The van der Waals surface area contributed by atoms with Gasteiger partial charge in [-0.3, -0.25) is 9.80 Å². The average molecular weight is 344 g/mol. The molecule has 3 aliphatic carbocycles. The van der Waals surface area contributed by atoms with Crippen molar-refractivity contribution in [2.45, 2.75) is 57.5 Å². The molecule has 6 unspecified atom stereocenters. The van der Waals surface area contributed by atoms with E-state index in [0.717, 1.165) is 53.5 Å². The molecule has 0 amide bonds. The van der Waals surface area contributed by atoms with Crippen molar-refractivity contribution in [2.24, 2.45) is 41.4 Å². The fourth-order valence-electron chi connectivity index (χ4n) is 8.27. The number of nitrogens with one attached hydrogen (secondary N) is 1. The lowest BCUT2D eigenvalue weighted by atomic mass is 10.0. The van der Waals surface area contributed by atoms with Gasteiger partial charge in [-0.2, -0.15) is 0 Å². The van der Waals surface area contributed by atoms with Crippen LogP contribution in [0.1, 0.15) is 45.4 Å². The molecule has 3 saturated carbocycles. The van der Waals surface area contributed by atoms with E-state index in [1.54, 1.807) is 0 Å². The Morgan fingerprint density at radius 1 is 0.560 bits per heavy atom. The number of likely N-dealkylation sites (tertiary alicyclic amines) is 2. The third-order valence-corrected chi connectivity index (χ3v) is 9.43. The number of rotatable bonds is 2. The highest BCUT2D eigenvalue weighted by Crippen LogP contribution is 2.48. The summed E-state index contributed by atoms with van der Waals surface area (Å²) in [5, 5.41) is 3.61. The van der Waals surface area contributed by atoms with Gasteiger partial charge in [0.1, 0.15) is 0 Å². The molecule has 0 spiro atoms. The standard InChI is InChI=1S/C22H37N3/c1-14-2-17-10-24(11-18(17)3-14)22-6-19-12-25(13-20(19)7-22)21-4-15-8-23-9-16(15)5-21/h14-23H,2-13H2,1H3. The summed E-state index contributed by atoms with van der Waals surface area (Å²) < 4.78 is 0. The van der Waals surface area contributed by atoms with Gasteiger partial charge >= 0.3 is 0 Å². The van der Waals surface area contributed by atoms with Gasteiger partial charge in [-0.1, -0.05) is 6.92 Å². The third-order valence-electron chi connectivity index (χ3n) is 9.43. The summed E-state index contributed by atoms with van der Waals surface area (Å²) in [5.74, 6) is 7.19. The lowest BCUT2D eigenvalue weighted by Crippen LogP contribution is -2.37. The van der Waals surface area contributed by atoms with Crippen LogP contribution in [0.25, 0.3) is 0 Å². The van der Waals surface area contributed by atoms with Crippen LogP contribution in [0.15, 0.2) is 0 Å². The minimum Gasteiger partial charge on any atom is -0.316 e. The first kappa shape index (κ1) is 15.9. The van der Waals surface area contributed by atoms with Crippen LogP contribution >= 0.6 is 0 Å². The molecule has 6 rings (SSSR count). The van der Waals surface area contributed by atoms with Gasteiger partial charge in [0.05, 0.1) is 0 Å². The molecule has 3 saturated heterocycles. The fraction of sp³-hybridized carbons (Fsp3) is 1.00. The average Bonchev–Trinajstić information content (AvgIpc) is 3.31. The van der Waals surface area contributed by atoms with Gasteiger partial charge in [0.2, 0.25) is 0 Å². The van der Waals surface area contributed by atoms with E-state index < -0.39 is 0 Å². The lowest BCUT2D eigenvalue weighted by molar-refractivity contribution is 0.180. The summed E-state index contributed by atoms with van der Waals surface area (Å²) in [6.07, 6.45) is 9.08. The van der Waals surface area contributed by atoms with E-state index in [2.05, 4.69) is 22.0 Å². The number of hydrogen-bond donors (Lipinski definition) is 1. The molecule has 3 nitrogen and oxygen atoms in total. The molecule has 0 bridgehead atoms. The third kappa shape index (κ3) is 2.63. The summed E-state index contributed by atoms with van der Waals surface area (Å²) >= 11 is 0. The van der Waals surface area contributed by atoms with Crippen molar-refractivity contribution in [3.05, 3.63) is 0 Å². The van der Waals surface area contributed by atoms with Crippen molar-refractivity contribution >= 4 is 0 Å². The van der Waals surface area contributed by atoms with E-state index >= 15 is 0 Å². The summed E-state index contributed by atoms with van der Waals surface area (Å²) in [7, 11) is 0. The van der Waals surface area contributed by atoms with Crippen LogP contribution < -0.4 is 5.32 Å². The number of hydrogen-bond acceptors (Lipinski definition) is 3. The largest absolute Gasteiger partial charge is 0.316 e. The lowest BCUT2D eigenvalue weighted by Gasteiger charge is -2.29. The van der Waals surface area contributed by atoms with Gasteiger partial charge in [-0.15, -0.1) is 0 Å². The van der Waals surface area contributed by atoms with Gasteiger partial charge in [0.25, 0.3) is 0 Å². The van der Waals surface area contributed by atoms with Crippen LogP contribution in [-0.2, 0) is 0 Å². The highest BCUT2D eigenvalue weighted by molar-refractivity contribution is 5.03. The maximum Gasteiger partial charge on any atom is 0.0102 e. The van der Waals surface area contributed by atoms with Crippen LogP contribution in [0.4, 0.5) is 0 Å². The topological polar surface area (TPSA) is 18.5 Å². The molecule has 0 aromatic carbocycles. The highest BCUT2D eigenvalue weighted by atomic mass is 15.2. The Bertz CT molecular complexity index is 481. The van der Waals surface area contributed by atoms with E-state index in [1.807, 2.05) is 0 Å². The highest BCUT2D eigenvalue weighted by Gasteiger charge is 2.49. The summed E-state index contributed by atoms with van der Waals surface area (Å²) in [6, 6.07) is 1.89. The van der Waals surface area contributed by atoms with Crippen LogP contribution in [-0.4, -0.2) is 61.2 Å².